The fourth-order valence-corrected chi connectivity index (χ4v) is 2.80. The third-order valence-corrected chi connectivity index (χ3v) is 4.17. The largest absolute Gasteiger partial charge is 0.332 e. The molecular formula is C19H17ClN4OS. The number of benzene rings is 2. The van der Waals surface area contributed by atoms with E-state index in [4.69, 9.17) is 23.8 Å². The van der Waals surface area contributed by atoms with Crippen molar-refractivity contribution in [3.05, 3.63) is 76.9 Å². The Hall–Kier alpha value is -2.70. The van der Waals surface area contributed by atoms with Gasteiger partial charge >= 0.3 is 0 Å². The fraction of sp³-hybridized carbons (Fsp3) is 0.105. The second-order valence-electron chi connectivity index (χ2n) is 5.72. The van der Waals surface area contributed by atoms with Gasteiger partial charge in [-0.1, -0.05) is 41.9 Å². The highest BCUT2D eigenvalue weighted by molar-refractivity contribution is 7.80. The van der Waals surface area contributed by atoms with Gasteiger partial charge in [-0.3, -0.25) is 9.48 Å². The highest BCUT2D eigenvalue weighted by Gasteiger charge is 2.09. The number of nitrogens with one attached hydrogen (secondary N) is 2. The van der Waals surface area contributed by atoms with Crippen molar-refractivity contribution in [3.63, 3.8) is 0 Å². The molecule has 0 saturated heterocycles. The number of nitrogens with zero attached hydrogens (tertiary/aromatic N) is 2. The van der Waals surface area contributed by atoms with Gasteiger partial charge < -0.3 is 10.6 Å². The quantitative estimate of drug-likeness (QED) is 0.497. The van der Waals surface area contributed by atoms with E-state index in [0.717, 1.165) is 11.3 Å². The van der Waals surface area contributed by atoms with Crippen LogP contribution in [-0.4, -0.2) is 20.7 Å². The van der Waals surface area contributed by atoms with Gasteiger partial charge in [0.15, 0.2) is 16.7 Å². The molecular weight excluding hydrogens is 368 g/mol. The van der Waals surface area contributed by atoms with E-state index in [2.05, 4.69) is 15.7 Å². The number of carbonyl (C=O) groups excluding carboxylic acids is 1. The van der Waals surface area contributed by atoms with E-state index in [-0.39, 0.29) is 5.78 Å². The number of thiocarbonyl (C=S) groups is 1. The van der Waals surface area contributed by atoms with Crippen LogP contribution in [0.4, 0.5) is 11.5 Å². The molecule has 26 heavy (non-hydrogen) atoms. The third kappa shape index (κ3) is 4.68. The lowest BCUT2D eigenvalue weighted by molar-refractivity contribution is 0.101. The van der Waals surface area contributed by atoms with Gasteiger partial charge in [0.25, 0.3) is 0 Å². The van der Waals surface area contributed by atoms with Crippen LogP contribution < -0.4 is 10.6 Å². The number of rotatable bonds is 5. The van der Waals surface area contributed by atoms with E-state index in [1.54, 1.807) is 35.1 Å². The molecule has 132 valence electrons. The number of carbonyl (C=O) groups is 1. The summed E-state index contributed by atoms with van der Waals surface area (Å²) in [5.74, 6) is 0.508. The van der Waals surface area contributed by atoms with Crippen molar-refractivity contribution in [1.82, 2.24) is 9.78 Å². The molecule has 2 aromatic carbocycles. The summed E-state index contributed by atoms with van der Waals surface area (Å²) in [6, 6.07) is 17.1. The maximum absolute atomic E-state index is 11.3. The Morgan fingerprint density at radius 1 is 1.12 bits per heavy atom. The predicted octanol–water partition coefficient (Wildman–Crippen LogP) is 4.60. The standard InChI is InChI=1S/C19H17ClN4OS/c1-13(25)15-7-9-16(10-8-15)21-19(26)22-18-17(20)12-24(23-18)11-14-5-3-2-4-6-14/h2-10,12H,11H2,1H3,(H2,21,22,23,26). The zero-order chi connectivity index (χ0) is 18.5. The number of halogens is 1. The van der Waals surface area contributed by atoms with Crippen molar-refractivity contribution in [2.75, 3.05) is 10.6 Å². The highest BCUT2D eigenvalue weighted by atomic mass is 35.5. The summed E-state index contributed by atoms with van der Waals surface area (Å²) in [5, 5.41) is 11.3. The van der Waals surface area contributed by atoms with Gasteiger partial charge in [-0.2, -0.15) is 5.10 Å². The van der Waals surface area contributed by atoms with Gasteiger partial charge in [0.2, 0.25) is 0 Å². The highest BCUT2D eigenvalue weighted by Crippen LogP contribution is 2.20. The molecule has 0 saturated carbocycles. The Kier molecular flexibility index (Phi) is 5.65. The molecule has 0 spiro atoms. The third-order valence-electron chi connectivity index (χ3n) is 3.69. The normalized spacial score (nSPS) is 10.4. The molecule has 1 heterocycles. The van der Waals surface area contributed by atoms with Gasteiger partial charge in [-0.15, -0.1) is 0 Å². The van der Waals surface area contributed by atoms with E-state index in [1.165, 1.54) is 6.92 Å². The lowest BCUT2D eigenvalue weighted by atomic mass is 10.1. The van der Waals surface area contributed by atoms with Gasteiger partial charge in [0.05, 0.1) is 6.54 Å². The van der Waals surface area contributed by atoms with Gasteiger partial charge in [0.1, 0.15) is 5.02 Å². The summed E-state index contributed by atoms with van der Waals surface area (Å²) in [6.45, 7) is 2.15. The number of hydrogen-bond acceptors (Lipinski definition) is 3. The number of Topliss-reactive ketones (excluding diaryl/α,β-unsaturated/α-hetero) is 1. The molecule has 0 atom stereocenters. The SMILES string of the molecule is CC(=O)c1ccc(NC(=S)Nc2nn(Cc3ccccc3)cc2Cl)cc1. The molecule has 3 aromatic rings. The molecule has 3 rings (SSSR count). The van der Waals surface area contributed by atoms with Crippen molar-refractivity contribution in [2.24, 2.45) is 0 Å². The summed E-state index contributed by atoms with van der Waals surface area (Å²) in [7, 11) is 0. The molecule has 0 bridgehead atoms. The first-order valence-electron chi connectivity index (χ1n) is 7.97. The molecule has 7 heteroatoms. The monoisotopic (exact) mass is 384 g/mol. The lowest BCUT2D eigenvalue weighted by Gasteiger charge is -2.09. The minimum absolute atomic E-state index is 0.0213. The molecule has 0 aliphatic carbocycles. The molecule has 0 radical (unpaired) electrons. The Balaban J connectivity index is 1.63. The lowest BCUT2D eigenvalue weighted by Crippen LogP contribution is -2.19. The Bertz CT molecular complexity index is 922. The Labute approximate surface area is 162 Å². The topological polar surface area (TPSA) is 59.0 Å². The molecule has 0 aliphatic heterocycles. The average Bonchev–Trinajstić information content (AvgIpc) is 2.95. The van der Waals surface area contributed by atoms with E-state index in [1.807, 2.05) is 30.3 Å². The summed E-state index contributed by atoms with van der Waals surface area (Å²) in [4.78, 5) is 11.3. The van der Waals surface area contributed by atoms with Crippen LogP contribution in [0.15, 0.2) is 60.8 Å². The van der Waals surface area contributed by atoms with Crippen LogP contribution in [0.25, 0.3) is 0 Å². The number of anilines is 2. The van der Waals surface area contributed by atoms with Crippen LogP contribution in [0.1, 0.15) is 22.8 Å². The molecule has 0 fully saturated rings. The number of ketones is 1. The molecule has 0 unspecified atom stereocenters. The maximum atomic E-state index is 11.3. The van der Waals surface area contributed by atoms with Gasteiger partial charge in [-0.25, -0.2) is 0 Å². The zero-order valence-corrected chi connectivity index (χ0v) is 15.6. The summed E-state index contributed by atoms with van der Waals surface area (Å²) >= 11 is 11.5. The number of hydrogen-bond donors (Lipinski definition) is 2. The van der Waals surface area contributed by atoms with Crippen molar-refractivity contribution in [3.8, 4) is 0 Å². The predicted molar refractivity (Wildman–Crippen MR) is 109 cm³/mol. The first-order chi connectivity index (χ1) is 12.5. The van der Waals surface area contributed by atoms with Crippen LogP contribution in [0, 0.1) is 0 Å². The second-order valence-corrected chi connectivity index (χ2v) is 6.54. The van der Waals surface area contributed by atoms with Crippen molar-refractivity contribution < 1.29 is 4.79 Å². The zero-order valence-electron chi connectivity index (χ0n) is 14.1. The van der Waals surface area contributed by atoms with Crippen molar-refractivity contribution in [2.45, 2.75) is 13.5 Å². The minimum atomic E-state index is 0.0213. The van der Waals surface area contributed by atoms with Crippen molar-refractivity contribution in [1.29, 1.82) is 0 Å². The van der Waals surface area contributed by atoms with Gasteiger partial charge in [0, 0.05) is 17.4 Å². The van der Waals surface area contributed by atoms with Crippen LogP contribution in [0.2, 0.25) is 5.02 Å². The fourth-order valence-electron chi connectivity index (χ4n) is 2.39. The van der Waals surface area contributed by atoms with Crippen LogP contribution in [-0.2, 0) is 6.54 Å². The average molecular weight is 385 g/mol. The molecule has 1 aromatic heterocycles. The first kappa shape index (κ1) is 18.1. The van der Waals surface area contributed by atoms with E-state index < -0.39 is 0 Å². The van der Waals surface area contributed by atoms with Gasteiger partial charge in [-0.05, 0) is 49.0 Å². The summed E-state index contributed by atoms with van der Waals surface area (Å²) in [6.07, 6.45) is 1.75. The summed E-state index contributed by atoms with van der Waals surface area (Å²) < 4.78 is 1.75. The van der Waals surface area contributed by atoms with Crippen molar-refractivity contribution >= 4 is 46.2 Å². The smallest absolute Gasteiger partial charge is 0.176 e. The minimum Gasteiger partial charge on any atom is -0.332 e. The molecule has 0 aliphatic rings. The van der Waals surface area contributed by atoms with Crippen LogP contribution >= 0.6 is 23.8 Å². The Morgan fingerprint density at radius 3 is 2.46 bits per heavy atom. The molecule has 0 amide bonds. The van der Waals surface area contributed by atoms with Crippen LogP contribution in [0.5, 0.6) is 0 Å². The molecule has 5 nitrogen and oxygen atoms in total. The Morgan fingerprint density at radius 2 is 1.81 bits per heavy atom. The second kappa shape index (κ2) is 8.12. The van der Waals surface area contributed by atoms with Crippen LogP contribution in [0.3, 0.4) is 0 Å². The first-order valence-corrected chi connectivity index (χ1v) is 8.76. The number of aromatic nitrogens is 2. The van der Waals surface area contributed by atoms with E-state index >= 15 is 0 Å². The molecule has 2 N–H and O–H groups in total. The van der Waals surface area contributed by atoms with E-state index in [0.29, 0.717) is 28.1 Å². The maximum Gasteiger partial charge on any atom is 0.176 e. The summed E-state index contributed by atoms with van der Waals surface area (Å²) in [5.41, 5.74) is 2.55. The van der Waals surface area contributed by atoms with E-state index in [9.17, 15) is 4.79 Å².